The van der Waals surface area contributed by atoms with Crippen LogP contribution in [0.3, 0.4) is 0 Å². The van der Waals surface area contributed by atoms with E-state index in [9.17, 15) is 4.79 Å². The van der Waals surface area contributed by atoms with Crippen LogP contribution in [0.15, 0.2) is 0 Å². The van der Waals surface area contributed by atoms with E-state index in [-0.39, 0.29) is 5.91 Å². The first-order valence-electron chi connectivity index (χ1n) is 8.62. The van der Waals surface area contributed by atoms with Crippen molar-refractivity contribution in [3.05, 3.63) is 0 Å². The lowest BCUT2D eigenvalue weighted by molar-refractivity contribution is -0.121. The largest absolute Gasteiger partial charge is 0.356 e. The lowest BCUT2D eigenvalue weighted by atomic mass is 10.1. The zero-order chi connectivity index (χ0) is 15.1. The van der Waals surface area contributed by atoms with Crippen LogP contribution in [0.2, 0.25) is 0 Å². The summed E-state index contributed by atoms with van der Waals surface area (Å²) >= 11 is 0. The van der Waals surface area contributed by atoms with E-state index in [4.69, 9.17) is 0 Å². The molecule has 0 fully saturated rings. The van der Waals surface area contributed by atoms with Crippen molar-refractivity contribution in [1.29, 1.82) is 0 Å². The van der Waals surface area contributed by atoms with E-state index in [1.807, 2.05) is 7.05 Å². The Morgan fingerprint density at radius 2 is 1.45 bits per heavy atom. The molecule has 1 atom stereocenters. The van der Waals surface area contributed by atoms with Gasteiger partial charge in [0.15, 0.2) is 0 Å². The van der Waals surface area contributed by atoms with Crippen molar-refractivity contribution in [3.8, 4) is 0 Å². The highest BCUT2D eigenvalue weighted by Crippen LogP contribution is 2.10. The van der Waals surface area contributed by atoms with E-state index in [1.54, 1.807) is 0 Å². The normalized spacial score (nSPS) is 12.3. The third-order valence-electron chi connectivity index (χ3n) is 3.71. The Bertz CT molecular complexity index is 219. The smallest absolute Gasteiger partial charge is 0.220 e. The molecule has 0 aliphatic heterocycles. The van der Waals surface area contributed by atoms with Gasteiger partial charge in [0.25, 0.3) is 0 Å². The molecule has 2 N–H and O–H groups in total. The van der Waals surface area contributed by atoms with Gasteiger partial charge in [0.2, 0.25) is 5.91 Å². The summed E-state index contributed by atoms with van der Waals surface area (Å²) in [6.07, 6.45) is 12.4. The minimum absolute atomic E-state index is 0.218. The summed E-state index contributed by atoms with van der Waals surface area (Å²) in [5, 5.41) is 6.14. The molecule has 0 aromatic rings. The van der Waals surface area contributed by atoms with Crippen LogP contribution in [0.4, 0.5) is 0 Å². The van der Waals surface area contributed by atoms with Crippen LogP contribution in [0.1, 0.15) is 78.1 Å². The van der Waals surface area contributed by atoms with Crippen molar-refractivity contribution in [1.82, 2.24) is 10.6 Å². The molecular formula is C17H36N2O. The summed E-state index contributed by atoms with van der Waals surface area (Å²) in [6, 6.07) is 0. The highest BCUT2D eigenvalue weighted by Gasteiger charge is 2.04. The van der Waals surface area contributed by atoms with Crippen LogP contribution < -0.4 is 10.6 Å². The first-order valence-corrected chi connectivity index (χ1v) is 8.62. The minimum Gasteiger partial charge on any atom is -0.356 e. The van der Waals surface area contributed by atoms with Crippen molar-refractivity contribution >= 4 is 5.91 Å². The van der Waals surface area contributed by atoms with Crippen molar-refractivity contribution in [2.75, 3.05) is 20.1 Å². The quantitative estimate of drug-likeness (QED) is 0.475. The molecule has 0 aliphatic rings. The molecule has 20 heavy (non-hydrogen) atoms. The van der Waals surface area contributed by atoms with Gasteiger partial charge in [-0.2, -0.15) is 0 Å². The molecule has 0 aromatic heterocycles. The Kier molecular flexibility index (Phi) is 14.4. The Labute approximate surface area is 126 Å². The molecule has 3 nitrogen and oxygen atoms in total. The number of amides is 1. The predicted octanol–water partition coefficient (Wildman–Crippen LogP) is 3.88. The third-order valence-corrected chi connectivity index (χ3v) is 3.71. The first-order chi connectivity index (χ1) is 9.70. The monoisotopic (exact) mass is 284 g/mol. The summed E-state index contributed by atoms with van der Waals surface area (Å²) in [6.45, 7) is 6.15. The maximum atomic E-state index is 11.6. The van der Waals surface area contributed by atoms with E-state index in [0.717, 1.165) is 19.5 Å². The molecule has 0 heterocycles. The van der Waals surface area contributed by atoms with Gasteiger partial charge < -0.3 is 10.6 Å². The van der Waals surface area contributed by atoms with E-state index in [2.05, 4.69) is 24.5 Å². The van der Waals surface area contributed by atoms with E-state index in [0.29, 0.717) is 12.3 Å². The van der Waals surface area contributed by atoms with Gasteiger partial charge in [-0.05, 0) is 25.9 Å². The molecule has 0 bridgehead atoms. The maximum Gasteiger partial charge on any atom is 0.220 e. The van der Waals surface area contributed by atoms with E-state index >= 15 is 0 Å². The fraction of sp³-hybridized carbons (Fsp3) is 0.941. The molecule has 0 aromatic carbocycles. The molecule has 120 valence electrons. The molecule has 0 saturated heterocycles. The van der Waals surface area contributed by atoms with Gasteiger partial charge in [-0.25, -0.2) is 0 Å². The second-order valence-electron chi connectivity index (χ2n) is 6.05. The Hall–Kier alpha value is -0.570. The van der Waals surface area contributed by atoms with Crippen LogP contribution in [-0.4, -0.2) is 26.0 Å². The van der Waals surface area contributed by atoms with Crippen molar-refractivity contribution < 1.29 is 4.79 Å². The Morgan fingerprint density at radius 3 is 2.00 bits per heavy atom. The average Bonchev–Trinajstić information content (AvgIpc) is 2.43. The van der Waals surface area contributed by atoms with Crippen LogP contribution in [0.25, 0.3) is 0 Å². The lowest BCUT2D eigenvalue weighted by Gasteiger charge is -2.11. The minimum atomic E-state index is 0.218. The van der Waals surface area contributed by atoms with Crippen LogP contribution in [0.5, 0.6) is 0 Å². The van der Waals surface area contributed by atoms with Crippen molar-refractivity contribution in [2.24, 2.45) is 5.92 Å². The van der Waals surface area contributed by atoms with Gasteiger partial charge in [0.1, 0.15) is 0 Å². The molecule has 0 aliphatic carbocycles. The maximum absolute atomic E-state index is 11.6. The molecule has 0 saturated carbocycles. The van der Waals surface area contributed by atoms with Gasteiger partial charge in [-0.3, -0.25) is 4.79 Å². The molecule has 1 unspecified atom stereocenters. The molecule has 1 amide bonds. The van der Waals surface area contributed by atoms with Gasteiger partial charge >= 0.3 is 0 Å². The SMILES string of the molecule is CCCCCCCCCCCC(=O)NCC(C)CNC. The van der Waals surface area contributed by atoms with Gasteiger partial charge in [0.05, 0.1) is 0 Å². The standard InChI is InChI=1S/C17H36N2O/c1-4-5-6-7-8-9-10-11-12-13-17(20)19-15-16(2)14-18-3/h16,18H,4-15H2,1-3H3,(H,19,20). The van der Waals surface area contributed by atoms with E-state index in [1.165, 1.54) is 51.4 Å². The number of hydrogen-bond donors (Lipinski definition) is 2. The third kappa shape index (κ3) is 13.9. The van der Waals surface area contributed by atoms with Gasteiger partial charge in [-0.1, -0.05) is 65.2 Å². The number of hydrogen-bond acceptors (Lipinski definition) is 2. The molecule has 0 radical (unpaired) electrons. The molecular weight excluding hydrogens is 248 g/mol. The van der Waals surface area contributed by atoms with Crippen molar-refractivity contribution in [2.45, 2.75) is 78.1 Å². The van der Waals surface area contributed by atoms with Gasteiger partial charge in [-0.15, -0.1) is 0 Å². The van der Waals surface area contributed by atoms with Crippen molar-refractivity contribution in [3.63, 3.8) is 0 Å². The van der Waals surface area contributed by atoms with Crippen LogP contribution in [-0.2, 0) is 4.79 Å². The fourth-order valence-corrected chi connectivity index (χ4v) is 2.39. The number of unbranched alkanes of at least 4 members (excludes halogenated alkanes) is 8. The second kappa shape index (κ2) is 14.8. The second-order valence-corrected chi connectivity index (χ2v) is 6.05. The highest BCUT2D eigenvalue weighted by atomic mass is 16.1. The molecule has 3 heteroatoms. The summed E-state index contributed by atoms with van der Waals surface area (Å²) in [4.78, 5) is 11.6. The van der Waals surface area contributed by atoms with Gasteiger partial charge in [0, 0.05) is 13.0 Å². The number of rotatable bonds is 14. The first kappa shape index (κ1) is 19.4. The highest BCUT2D eigenvalue weighted by molar-refractivity contribution is 5.75. The zero-order valence-corrected chi connectivity index (χ0v) is 14.0. The Morgan fingerprint density at radius 1 is 0.900 bits per heavy atom. The summed E-state index contributed by atoms with van der Waals surface area (Å²) < 4.78 is 0. The number of carbonyl (C=O) groups excluding carboxylic acids is 1. The summed E-state index contributed by atoms with van der Waals surface area (Å²) in [7, 11) is 1.95. The zero-order valence-electron chi connectivity index (χ0n) is 14.0. The average molecular weight is 284 g/mol. The van der Waals surface area contributed by atoms with E-state index < -0.39 is 0 Å². The predicted molar refractivity (Wildman–Crippen MR) is 87.9 cm³/mol. The molecule has 0 spiro atoms. The summed E-state index contributed by atoms with van der Waals surface area (Å²) in [5.74, 6) is 0.725. The van der Waals surface area contributed by atoms with Crippen LogP contribution in [0, 0.1) is 5.92 Å². The summed E-state index contributed by atoms with van der Waals surface area (Å²) in [5.41, 5.74) is 0. The topological polar surface area (TPSA) is 41.1 Å². The lowest BCUT2D eigenvalue weighted by Crippen LogP contribution is -2.32. The fourth-order valence-electron chi connectivity index (χ4n) is 2.39. The molecule has 0 rings (SSSR count). The van der Waals surface area contributed by atoms with Crippen LogP contribution >= 0.6 is 0 Å². The number of nitrogens with one attached hydrogen (secondary N) is 2. The Balaban J connectivity index is 3.23. The number of carbonyl (C=O) groups is 1.